The standard InChI is InChI=1S/2C13H20N2O2S/c1-9(16)10-8-18-11-4-6-13(12(17)15(10)11)5-3-7-14(13)2;1-9(16)10-4-7-18-11-8-13(12(17)15(10)11)5-3-6-14(13)2/h2*10-11H,3-8H2,1-2H3/t2*10-,11-,13-/m11/s1. The number of hydrogen-bond donors (Lipinski definition) is 0. The SMILES string of the molecule is CC(=O)[C@H]1CCS[C@@H]2C[C@]3(CCCN3C)C(=O)N12.CC(=O)[C@H]1CS[C@@H]2CC[C@]3(CCCN3C)C(=O)N12. The summed E-state index contributed by atoms with van der Waals surface area (Å²) in [5.41, 5.74) is -0.592. The van der Waals surface area contributed by atoms with E-state index in [1.807, 2.05) is 21.6 Å². The number of fused-ring (bicyclic) bond motifs is 2. The summed E-state index contributed by atoms with van der Waals surface area (Å²) >= 11 is 3.62. The molecule has 0 aromatic heterocycles. The van der Waals surface area contributed by atoms with E-state index in [1.165, 1.54) is 0 Å². The fourth-order valence-electron chi connectivity index (χ4n) is 7.40. The minimum atomic E-state index is -0.297. The van der Waals surface area contributed by atoms with Gasteiger partial charge in [-0.1, -0.05) is 0 Å². The Balaban J connectivity index is 0.000000148. The molecule has 6 fully saturated rings. The lowest BCUT2D eigenvalue weighted by Gasteiger charge is -2.45. The molecule has 0 radical (unpaired) electrons. The van der Waals surface area contributed by atoms with Gasteiger partial charge in [-0.15, -0.1) is 23.5 Å². The molecule has 0 N–H and O–H groups in total. The Hall–Kier alpha value is -1.10. The summed E-state index contributed by atoms with van der Waals surface area (Å²) in [6.45, 7) is 5.23. The van der Waals surface area contributed by atoms with Gasteiger partial charge in [-0.05, 0) is 91.7 Å². The van der Waals surface area contributed by atoms with E-state index in [0.717, 1.165) is 76.0 Å². The topological polar surface area (TPSA) is 81.2 Å². The molecule has 6 aliphatic heterocycles. The summed E-state index contributed by atoms with van der Waals surface area (Å²) in [6, 6.07) is -0.351. The molecule has 0 unspecified atom stereocenters. The molecule has 0 bridgehead atoms. The zero-order valence-electron chi connectivity index (χ0n) is 22.0. The van der Waals surface area contributed by atoms with E-state index in [4.69, 9.17) is 0 Å². The maximum atomic E-state index is 12.9. The van der Waals surface area contributed by atoms with Crippen molar-refractivity contribution in [3.8, 4) is 0 Å². The number of nitrogens with zero attached hydrogens (tertiary/aromatic N) is 4. The van der Waals surface area contributed by atoms with E-state index < -0.39 is 0 Å². The molecule has 2 amide bonds. The van der Waals surface area contributed by atoms with Gasteiger partial charge < -0.3 is 9.80 Å². The fraction of sp³-hybridized carbons (Fsp3) is 0.846. The summed E-state index contributed by atoms with van der Waals surface area (Å²) in [7, 11) is 4.11. The third-order valence-corrected chi connectivity index (χ3v) is 12.2. The molecule has 0 saturated carbocycles. The summed E-state index contributed by atoms with van der Waals surface area (Å²) in [5, 5.41) is 0.465. The number of carbonyl (C=O) groups excluding carboxylic acids is 4. The zero-order chi connectivity index (χ0) is 25.8. The largest absolute Gasteiger partial charge is 0.319 e. The van der Waals surface area contributed by atoms with Crippen LogP contribution in [0.2, 0.25) is 0 Å². The normalized spacial score (nSPS) is 40.6. The number of carbonyl (C=O) groups is 4. The number of likely N-dealkylation sites (N-methyl/N-ethyl adjacent to an activating group) is 2. The smallest absolute Gasteiger partial charge is 0.244 e. The minimum absolute atomic E-state index is 0.135. The second-order valence-corrected chi connectivity index (χ2v) is 13.9. The van der Waals surface area contributed by atoms with Gasteiger partial charge in [0.2, 0.25) is 11.8 Å². The van der Waals surface area contributed by atoms with Crippen LogP contribution in [-0.2, 0) is 19.2 Å². The lowest BCUT2D eigenvalue weighted by Crippen LogP contribution is -2.62. The molecule has 36 heavy (non-hydrogen) atoms. The van der Waals surface area contributed by atoms with Gasteiger partial charge in [0.15, 0.2) is 11.6 Å². The molecule has 6 heterocycles. The molecule has 0 aromatic rings. The molecule has 6 rings (SSSR count). The highest BCUT2D eigenvalue weighted by Crippen LogP contribution is 2.48. The molecular weight excluding hydrogens is 496 g/mol. The molecule has 6 aliphatic rings. The van der Waals surface area contributed by atoms with Crippen molar-refractivity contribution in [1.29, 1.82) is 0 Å². The number of piperidine rings is 1. The Labute approximate surface area is 223 Å². The van der Waals surface area contributed by atoms with E-state index >= 15 is 0 Å². The van der Waals surface area contributed by atoms with E-state index in [0.29, 0.717) is 0 Å². The summed E-state index contributed by atoms with van der Waals surface area (Å²) in [5.74, 6) is 2.48. The maximum Gasteiger partial charge on any atom is 0.244 e. The predicted octanol–water partition coefficient (Wildman–Crippen LogP) is 2.21. The number of hydrogen-bond acceptors (Lipinski definition) is 8. The fourth-order valence-corrected chi connectivity index (χ4v) is 10.3. The Morgan fingerprint density at radius 2 is 1.36 bits per heavy atom. The van der Waals surface area contributed by atoms with Crippen molar-refractivity contribution in [2.75, 3.05) is 38.7 Å². The van der Waals surface area contributed by atoms with Crippen molar-refractivity contribution in [3.05, 3.63) is 0 Å². The Bertz CT molecular complexity index is 935. The molecule has 0 aliphatic carbocycles. The van der Waals surface area contributed by atoms with Crippen molar-refractivity contribution in [2.24, 2.45) is 0 Å². The highest BCUT2D eigenvalue weighted by atomic mass is 32.2. The molecule has 6 atom stereocenters. The van der Waals surface area contributed by atoms with Gasteiger partial charge >= 0.3 is 0 Å². The Kier molecular flexibility index (Phi) is 7.28. The van der Waals surface area contributed by atoms with Crippen LogP contribution in [0.5, 0.6) is 0 Å². The van der Waals surface area contributed by atoms with Crippen LogP contribution in [0.25, 0.3) is 0 Å². The number of likely N-dealkylation sites (tertiary alicyclic amines) is 2. The number of thioether (sulfide) groups is 2. The first-order valence-corrected chi connectivity index (χ1v) is 15.5. The van der Waals surface area contributed by atoms with Crippen LogP contribution in [0.1, 0.15) is 65.2 Å². The summed E-state index contributed by atoms with van der Waals surface area (Å²) in [4.78, 5) is 57.4. The Morgan fingerprint density at radius 1 is 0.778 bits per heavy atom. The minimum Gasteiger partial charge on any atom is -0.319 e. The van der Waals surface area contributed by atoms with Crippen LogP contribution in [0.15, 0.2) is 0 Å². The van der Waals surface area contributed by atoms with E-state index in [1.54, 1.807) is 25.6 Å². The molecule has 2 spiro atoms. The first kappa shape index (κ1) is 26.5. The predicted molar refractivity (Wildman–Crippen MR) is 143 cm³/mol. The average Bonchev–Trinajstić information content (AvgIpc) is 3.59. The lowest BCUT2D eigenvalue weighted by atomic mass is 9.84. The summed E-state index contributed by atoms with van der Waals surface area (Å²) < 4.78 is 0. The van der Waals surface area contributed by atoms with E-state index in [2.05, 4.69) is 23.9 Å². The van der Waals surface area contributed by atoms with Gasteiger partial charge in [0.25, 0.3) is 0 Å². The quantitative estimate of drug-likeness (QED) is 0.532. The van der Waals surface area contributed by atoms with Crippen molar-refractivity contribution < 1.29 is 19.2 Å². The number of ketones is 2. The second kappa shape index (κ2) is 9.89. The number of Topliss-reactive ketones (excluding diaryl/α,β-unsaturated/α-hetero) is 2. The van der Waals surface area contributed by atoms with Gasteiger partial charge in [0, 0.05) is 12.2 Å². The van der Waals surface area contributed by atoms with Crippen LogP contribution in [0, 0.1) is 0 Å². The van der Waals surface area contributed by atoms with Crippen molar-refractivity contribution in [1.82, 2.24) is 19.6 Å². The first-order valence-electron chi connectivity index (χ1n) is 13.4. The van der Waals surface area contributed by atoms with Gasteiger partial charge in [-0.3, -0.25) is 29.0 Å². The average molecular weight is 537 g/mol. The second-order valence-electron chi connectivity index (χ2n) is 11.4. The van der Waals surface area contributed by atoms with Crippen LogP contribution < -0.4 is 0 Å². The molecule has 200 valence electrons. The van der Waals surface area contributed by atoms with Crippen LogP contribution in [0.3, 0.4) is 0 Å². The van der Waals surface area contributed by atoms with Crippen LogP contribution in [0.4, 0.5) is 0 Å². The van der Waals surface area contributed by atoms with Gasteiger partial charge in [-0.25, -0.2) is 0 Å². The molecule has 8 nitrogen and oxygen atoms in total. The number of amides is 2. The first-order chi connectivity index (χ1) is 17.1. The zero-order valence-corrected chi connectivity index (χ0v) is 23.7. The molecule has 0 aromatic carbocycles. The van der Waals surface area contributed by atoms with Crippen molar-refractivity contribution >= 4 is 46.9 Å². The van der Waals surface area contributed by atoms with Crippen LogP contribution in [-0.4, -0.2) is 116 Å². The monoisotopic (exact) mass is 536 g/mol. The third kappa shape index (κ3) is 4.05. The summed E-state index contributed by atoms with van der Waals surface area (Å²) in [6.07, 6.45) is 7.82. The molecular formula is C26H40N4O4S2. The van der Waals surface area contributed by atoms with Crippen molar-refractivity contribution in [3.63, 3.8) is 0 Å². The highest BCUT2D eigenvalue weighted by molar-refractivity contribution is 8.00. The lowest BCUT2D eigenvalue weighted by molar-refractivity contribution is -0.152. The Morgan fingerprint density at radius 3 is 1.94 bits per heavy atom. The van der Waals surface area contributed by atoms with Gasteiger partial charge in [0.05, 0.1) is 16.8 Å². The van der Waals surface area contributed by atoms with Crippen LogP contribution >= 0.6 is 23.5 Å². The highest BCUT2D eigenvalue weighted by Gasteiger charge is 2.59. The molecule has 6 saturated heterocycles. The van der Waals surface area contributed by atoms with Gasteiger partial charge in [-0.2, -0.15) is 0 Å². The number of rotatable bonds is 2. The van der Waals surface area contributed by atoms with E-state index in [-0.39, 0.29) is 57.3 Å². The van der Waals surface area contributed by atoms with Crippen molar-refractivity contribution in [2.45, 2.75) is 99.1 Å². The van der Waals surface area contributed by atoms with Gasteiger partial charge in [0.1, 0.15) is 17.1 Å². The third-order valence-electron chi connectivity index (χ3n) is 9.59. The molecule has 10 heteroatoms. The van der Waals surface area contributed by atoms with E-state index in [9.17, 15) is 19.2 Å². The maximum absolute atomic E-state index is 12.9.